The SMILES string of the molecule is C=CC(=O)NCC1(c2ccccc2)CCN(C(=O)C2(C)CCCc3ccccc32)CC1. The first-order chi connectivity index (χ1) is 15.0. The minimum atomic E-state index is -0.446. The highest BCUT2D eigenvalue weighted by Gasteiger charge is 2.44. The summed E-state index contributed by atoms with van der Waals surface area (Å²) in [6.45, 7) is 7.66. The summed E-state index contributed by atoms with van der Waals surface area (Å²) in [4.78, 5) is 27.7. The lowest BCUT2D eigenvalue weighted by molar-refractivity contribution is -0.139. The highest BCUT2D eigenvalue weighted by atomic mass is 16.2. The van der Waals surface area contributed by atoms with Gasteiger partial charge in [-0.05, 0) is 61.8 Å². The van der Waals surface area contributed by atoms with Gasteiger partial charge >= 0.3 is 0 Å². The van der Waals surface area contributed by atoms with Gasteiger partial charge in [-0.3, -0.25) is 9.59 Å². The lowest BCUT2D eigenvalue weighted by Gasteiger charge is -2.45. The van der Waals surface area contributed by atoms with Crippen molar-refractivity contribution in [1.29, 1.82) is 0 Å². The average molecular weight is 417 g/mol. The van der Waals surface area contributed by atoms with E-state index in [9.17, 15) is 9.59 Å². The van der Waals surface area contributed by atoms with Gasteiger partial charge in [0.25, 0.3) is 0 Å². The molecule has 2 aromatic carbocycles. The normalized spacial score (nSPS) is 22.3. The Kier molecular flexibility index (Phi) is 5.99. The smallest absolute Gasteiger partial charge is 0.243 e. The van der Waals surface area contributed by atoms with Gasteiger partial charge in [-0.1, -0.05) is 61.2 Å². The minimum Gasteiger partial charge on any atom is -0.352 e. The van der Waals surface area contributed by atoms with Crippen LogP contribution in [-0.2, 0) is 26.8 Å². The number of likely N-dealkylation sites (tertiary alicyclic amines) is 1. The molecule has 0 bridgehead atoms. The molecule has 1 heterocycles. The van der Waals surface area contributed by atoms with Crippen molar-refractivity contribution < 1.29 is 9.59 Å². The van der Waals surface area contributed by atoms with E-state index < -0.39 is 5.41 Å². The predicted octanol–water partition coefficient (Wildman–Crippen LogP) is 4.14. The first-order valence-electron chi connectivity index (χ1n) is 11.3. The minimum absolute atomic E-state index is 0.153. The summed E-state index contributed by atoms with van der Waals surface area (Å²) < 4.78 is 0. The van der Waals surface area contributed by atoms with E-state index in [1.54, 1.807) is 0 Å². The molecule has 4 nitrogen and oxygen atoms in total. The Morgan fingerprint density at radius 2 is 1.71 bits per heavy atom. The zero-order valence-electron chi connectivity index (χ0n) is 18.4. The number of carbonyl (C=O) groups excluding carboxylic acids is 2. The number of rotatable bonds is 5. The first kappa shape index (κ1) is 21.4. The molecule has 0 saturated carbocycles. The Morgan fingerprint density at radius 3 is 2.42 bits per heavy atom. The molecule has 1 aliphatic carbocycles. The summed E-state index contributed by atoms with van der Waals surface area (Å²) in [5, 5.41) is 3.01. The molecule has 2 amide bonds. The van der Waals surface area contributed by atoms with Crippen molar-refractivity contribution in [2.24, 2.45) is 0 Å². The first-order valence-corrected chi connectivity index (χ1v) is 11.3. The number of nitrogens with zero attached hydrogens (tertiary/aromatic N) is 1. The number of nitrogens with one attached hydrogen (secondary N) is 1. The summed E-state index contributed by atoms with van der Waals surface area (Å²) in [5.41, 5.74) is 3.12. The predicted molar refractivity (Wildman–Crippen MR) is 124 cm³/mol. The fraction of sp³-hybridized carbons (Fsp3) is 0.407. The second-order valence-electron chi connectivity index (χ2n) is 9.20. The summed E-state index contributed by atoms with van der Waals surface area (Å²) in [5.74, 6) is 0.0941. The van der Waals surface area contributed by atoms with Crippen molar-refractivity contribution in [2.75, 3.05) is 19.6 Å². The zero-order valence-corrected chi connectivity index (χ0v) is 18.4. The summed E-state index contributed by atoms with van der Waals surface area (Å²) in [6, 6.07) is 18.8. The average Bonchev–Trinajstić information content (AvgIpc) is 2.83. The van der Waals surface area contributed by atoms with E-state index in [1.807, 2.05) is 18.2 Å². The molecule has 2 aromatic rings. The fourth-order valence-electron chi connectivity index (χ4n) is 5.44. The fourth-order valence-corrected chi connectivity index (χ4v) is 5.44. The van der Waals surface area contributed by atoms with Crippen molar-refractivity contribution in [2.45, 2.75) is 49.9 Å². The van der Waals surface area contributed by atoms with Gasteiger partial charge in [-0.2, -0.15) is 0 Å². The maximum atomic E-state index is 13.7. The van der Waals surface area contributed by atoms with Crippen LogP contribution in [0.1, 0.15) is 49.3 Å². The van der Waals surface area contributed by atoms with Gasteiger partial charge in [0.05, 0.1) is 5.41 Å². The van der Waals surface area contributed by atoms with Crippen molar-refractivity contribution in [3.8, 4) is 0 Å². The molecule has 0 spiro atoms. The van der Waals surface area contributed by atoms with E-state index in [0.29, 0.717) is 19.6 Å². The largest absolute Gasteiger partial charge is 0.352 e. The highest BCUT2D eigenvalue weighted by Crippen LogP contribution is 2.41. The Balaban J connectivity index is 1.54. The van der Waals surface area contributed by atoms with Crippen molar-refractivity contribution in [3.05, 3.63) is 83.9 Å². The molecule has 0 radical (unpaired) electrons. The van der Waals surface area contributed by atoms with Gasteiger partial charge < -0.3 is 10.2 Å². The molecule has 1 N–H and O–H groups in total. The van der Waals surface area contributed by atoms with Crippen LogP contribution in [0.15, 0.2) is 67.3 Å². The van der Waals surface area contributed by atoms with Crippen LogP contribution in [0.25, 0.3) is 0 Å². The third kappa shape index (κ3) is 4.04. The van der Waals surface area contributed by atoms with Crippen LogP contribution in [0.4, 0.5) is 0 Å². The van der Waals surface area contributed by atoms with Gasteiger partial charge in [0, 0.05) is 25.0 Å². The molecule has 2 aliphatic rings. The highest BCUT2D eigenvalue weighted by molar-refractivity contribution is 5.89. The second-order valence-corrected chi connectivity index (χ2v) is 9.20. The van der Waals surface area contributed by atoms with E-state index >= 15 is 0 Å². The van der Waals surface area contributed by atoms with E-state index in [4.69, 9.17) is 0 Å². The van der Waals surface area contributed by atoms with Crippen molar-refractivity contribution >= 4 is 11.8 Å². The Morgan fingerprint density at radius 1 is 1.03 bits per heavy atom. The van der Waals surface area contributed by atoms with E-state index in [2.05, 4.69) is 60.1 Å². The number of carbonyl (C=O) groups is 2. The summed E-state index contributed by atoms with van der Waals surface area (Å²) in [6.07, 6.45) is 5.99. The molecule has 1 aliphatic heterocycles. The summed E-state index contributed by atoms with van der Waals surface area (Å²) in [7, 11) is 0. The van der Waals surface area contributed by atoms with Crippen LogP contribution in [0, 0.1) is 0 Å². The number of fused-ring (bicyclic) bond motifs is 1. The Hall–Kier alpha value is -2.88. The van der Waals surface area contributed by atoms with Crippen LogP contribution >= 0.6 is 0 Å². The quantitative estimate of drug-likeness (QED) is 0.745. The lowest BCUT2D eigenvalue weighted by atomic mass is 9.69. The number of benzene rings is 2. The molecular formula is C27H32N2O2. The molecule has 4 heteroatoms. The lowest BCUT2D eigenvalue weighted by Crippen LogP contribution is -2.54. The second kappa shape index (κ2) is 8.70. The molecule has 1 fully saturated rings. The molecule has 4 rings (SSSR count). The molecule has 1 atom stereocenters. The van der Waals surface area contributed by atoms with Gasteiger partial charge in [0.2, 0.25) is 11.8 Å². The molecule has 31 heavy (non-hydrogen) atoms. The van der Waals surface area contributed by atoms with Crippen molar-refractivity contribution in [3.63, 3.8) is 0 Å². The van der Waals surface area contributed by atoms with E-state index in [1.165, 1.54) is 22.8 Å². The standard InChI is InChI=1S/C27H32N2O2/c1-3-24(30)28-20-27(22-12-5-4-6-13-22)16-18-29(19-17-27)25(31)26(2)15-9-11-21-10-7-8-14-23(21)26/h3-8,10,12-14H,1,9,11,15-20H2,2H3,(H,28,30). The maximum absolute atomic E-state index is 13.7. The number of amides is 2. The monoisotopic (exact) mass is 416 g/mol. The number of hydrogen-bond acceptors (Lipinski definition) is 2. The van der Waals surface area contributed by atoms with Crippen LogP contribution in [-0.4, -0.2) is 36.3 Å². The Labute approximate surface area is 185 Å². The third-order valence-corrected chi connectivity index (χ3v) is 7.39. The van der Waals surface area contributed by atoms with Gasteiger partial charge in [0.1, 0.15) is 0 Å². The Bertz CT molecular complexity index is 960. The van der Waals surface area contributed by atoms with Crippen LogP contribution in [0.3, 0.4) is 0 Å². The third-order valence-electron chi connectivity index (χ3n) is 7.39. The molecule has 162 valence electrons. The zero-order chi connectivity index (χ0) is 21.9. The number of piperidine rings is 1. The molecule has 0 aromatic heterocycles. The number of aryl methyl sites for hydroxylation is 1. The maximum Gasteiger partial charge on any atom is 0.243 e. The van der Waals surface area contributed by atoms with E-state index in [0.717, 1.165) is 32.1 Å². The molecular weight excluding hydrogens is 384 g/mol. The van der Waals surface area contributed by atoms with Crippen LogP contribution in [0.2, 0.25) is 0 Å². The molecule has 1 saturated heterocycles. The topological polar surface area (TPSA) is 49.4 Å². The van der Waals surface area contributed by atoms with Gasteiger partial charge in [-0.15, -0.1) is 0 Å². The van der Waals surface area contributed by atoms with E-state index in [-0.39, 0.29) is 17.2 Å². The van der Waals surface area contributed by atoms with Crippen LogP contribution < -0.4 is 5.32 Å². The van der Waals surface area contributed by atoms with Crippen LogP contribution in [0.5, 0.6) is 0 Å². The summed E-state index contributed by atoms with van der Waals surface area (Å²) >= 11 is 0. The number of hydrogen-bond donors (Lipinski definition) is 1. The van der Waals surface area contributed by atoms with Gasteiger partial charge in [0.15, 0.2) is 0 Å². The molecule has 1 unspecified atom stereocenters. The van der Waals surface area contributed by atoms with Crippen molar-refractivity contribution in [1.82, 2.24) is 10.2 Å². The van der Waals surface area contributed by atoms with Gasteiger partial charge in [-0.25, -0.2) is 0 Å².